The van der Waals surface area contributed by atoms with Crippen molar-refractivity contribution < 1.29 is 14.3 Å². The molecule has 0 fully saturated rings. The zero-order valence-corrected chi connectivity index (χ0v) is 16.4. The van der Waals surface area contributed by atoms with E-state index in [9.17, 15) is 9.59 Å². The van der Waals surface area contributed by atoms with Crippen LogP contribution in [0.5, 0.6) is 0 Å². The Bertz CT molecular complexity index is 905. The molecule has 1 aliphatic heterocycles. The molecule has 0 aliphatic carbocycles. The minimum Gasteiger partial charge on any atom is -0.460 e. The van der Waals surface area contributed by atoms with E-state index in [4.69, 9.17) is 9.73 Å². The molecule has 0 bridgehead atoms. The number of hydrogen-bond donors (Lipinski definition) is 1. The number of hydrogen-bond acceptors (Lipinski definition) is 4. The fourth-order valence-electron chi connectivity index (χ4n) is 3.11. The number of aliphatic imine (C=N–C) groups is 1. The molecule has 1 N–H and O–H groups in total. The van der Waals surface area contributed by atoms with E-state index in [0.29, 0.717) is 11.4 Å². The van der Waals surface area contributed by atoms with Gasteiger partial charge in [0.2, 0.25) is 5.91 Å². The van der Waals surface area contributed by atoms with E-state index in [-0.39, 0.29) is 12.3 Å². The van der Waals surface area contributed by atoms with E-state index in [1.807, 2.05) is 55.1 Å². The van der Waals surface area contributed by atoms with E-state index in [2.05, 4.69) is 5.32 Å². The van der Waals surface area contributed by atoms with Gasteiger partial charge in [-0.15, -0.1) is 0 Å². The number of nitrogens with zero attached hydrogens (tertiary/aromatic N) is 2. The average molecular weight is 367 g/mol. The van der Waals surface area contributed by atoms with Crippen LogP contribution in [0.25, 0.3) is 0 Å². The standard InChI is InChI=1S/C21H25N3O3/c1-13-18-16(12-24(13)5)23-20(26)15(11-17(25)27-21(2,3)4)22-19(18)14-9-7-6-8-10-14/h6-10,12,15H,11H2,1-5H3,(H,23,26)/t15-/m0/s1. The molecule has 3 rings (SSSR count). The van der Waals surface area contributed by atoms with Gasteiger partial charge in [0, 0.05) is 30.1 Å². The van der Waals surface area contributed by atoms with Crippen molar-refractivity contribution in [3.8, 4) is 0 Å². The summed E-state index contributed by atoms with van der Waals surface area (Å²) in [6.07, 6.45) is 1.77. The second kappa shape index (κ2) is 7.02. The highest BCUT2D eigenvalue weighted by Crippen LogP contribution is 2.29. The molecular formula is C21H25N3O3. The van der Waals surface area contributed by atoms with Gasteiger partial charge in [-0.3, -0.25) is 14.6 Å². The molecule has 1 aromatic heterocycles. The molecule has 0 saturated carbocycles. The first-order valence-electron chi connectivity index (χ1n) is 8.98. The summed E-state index contributed by atoms with van der Waals surface area (Å²) in [7, 11) is 1.93. The number of rotatable bonds is 3. The molecule has 142 valence electrons. The zero-order chi connectivity index (χ0) is 19.8. The molecule has 27 heavy (non-hydrogen) atoms. The summed E-state index contributed by atoms with van der Waals surface area (Å²) in [5.41, 5.74) is 3.57. The van der Waals surface area contributed by atoms with Gasteiger partial charge in [0.05, 0.1) is 17.8 Å². The van der Waals surface area contributed by atoms with Gasteiger partial charge in [-0.2, -0.15) is 0 Å². The van der Waals surface area contributed by atoms with E-state index < -0.39 is 17.6 Å². The largest absolute Gasteiger partial charge is 0.460 e. The lowest BCUT2D eigenvalue weighted by molar-refractivity contribution is -0.155. The third-order valence-electron chi connectivity index (χ3n) is 4.39. The van der Waals surface area contributed by atoms with E-state index >= 15 is 0 Å². The molecule has 6 heteroatoms. The van der Waals surface area contributed by atoms with Crippen molar-refractivity contribution in [3.63, 3.8) is 0 Å². The van der Waals surface area contributed by atoms with Crippen LogP contribution in [-0.4, -0.2) is 33.8 Å². The lowest BCUT2D eigenvalue weighted by Crippen LogP contribution is -2.32. The minimum absolute atomic E-state index is 0.102. The van der Waals surface area contributed by atoms with Crippen molar-refractivity contribution in [1.29, 1.82) is 0 Å². The van der Waals surface area contributed by atoms with Crippen LogP contribution in [0.3, 0.4) is 0 Å². The molecule has 2 heterocycles. The van der Waals surface area contributed by atoms with Crippen molar-refractivity contribution in [3.05, 3.63) is 53.3 Å². The highest BCUT2D eigenvalue weighted by atomic mass is 16.6. The maximum absolute atomic E-state index is 12.7. The average Bonchev–Trinajstić information content (AvgIpc) is 2.76. The Morgan fingerprint density at radius 3 is 2.56 bits per heavy atom. The van der Waals surface area contributed by atoms with Gasteiger partial charge < -0.3 is 14.6 Å². The lowest BCUT2D eigenvalue weighted by atomic mass is 10.0. The number of ether oxygens (including phenoxy) is 1. The number of benzene rings is 1. The lowest BCUT2D eigenvalue weighted by Gasteiger charge is -2.20. The molecule has 0 unspecified atom stereocenters. The van der Waals surface area contributed by atoms with Crippen molar-refractivity contribution in [2.24, 2.45) is 12.0 Å². The van der Waals surface area contributed by atoms with E-state index in [1.54, 1.807) is 20.8 Å². The number of carbonyl (C=O) groups excluding carboxylic acids is 2. The van der Waals surface area contributed by atoms with Gasteiger partial charge in [-0.25, -0.2) is 0 Å². The van der Waals surface area contributed by atoms with Gasteiger partial charge in [-0.1, -0.05) is 30.3 Å². The fourth-order valence-corrected chi connectivity index (χ4v) is 3.11. The third kappa shape index (κ3) is 4.10. The number of fused-ring (bicyclic) bond motifs is 1. The number of aryl methyl sites for hydroxylation is 1. The number of carbonyl (C=O) groups is 2. The van der Waals surface area contributed by atoms with Crippen LogP contribution in [0.2, 0.25) is 0 Å². The summed E-state index contributed by atoms with van der Waals surface area (Å²) < 4.78 is 7.34. The highest BCUT2D eigenvalue weighted by molar-refractivity contribution is 6.20. The summed E-state index contributed by atoms with van der Waals surface area (Å²) in [4.78, 5) is 29.7. The molecule has 0 spiro atoms. The van der Waals surface area contributed by atoms with Crippen LogP contribution in [-0.2, 0) is 21.4 Å². The molecular weight excluding hydrogens is 342 g/mol. The Hall–Kier alpha value is -2.89. The second-order valence-electron chi connectivity index (χ2n) is 7.75. The number of aromatic nitrogens is 1. The topological polar surface area (TPSA) is 72.7 Å². The first kappa shape index (κ1) is 18.9. The van der Waals surface area contributed by atoms with Gasteiger partial charge in [0.1, 0.15) is 11.6 Å². The van der Waals surface area contributed by atoms with Gasteiger partial charge >= 0.3 is 5.97 Å². The van der Waals surface area contributed by atoms with Crippen LogP contribution < -0.4 is 5.32 Å². The first-order chi connectivity index (χ1) is 12.7. The maximum atomic E-state index is 12.7. The Kier molecular flexibility index (Phi) is 4.91. The Balaban J connectivity index is 2.04. The third-order valence-corrected chi connectivity index (χ3v) is 4.39. The monoisotopic (exact) mass is 367 g/mol. The Morgan fingerprint density at radius 2 is 1.93 bits per heavy atom. The highest BCUT2D eigenvalue weighted by Gasteiger charge is 2.31. The summed E-state index contributed by atoms with van der Waals surface area (Å²) >= 11 is 0. The Morgan fingerprint density at radius 1 is 1.26 bits per heavy atom. The first-order valence-corrected chi connectivity index (χ1v) is 8.98. The number of nitrogens with one attached hydrogen (secondary N) is 1. The predicted octanol–water partition coefficient (Wildman–Crippen LogP) is 3.22. The fraction of sp³-hybridized carbons (Fsp3) is 0.381. The number of anilines is 1. The quantitative estimate of drug-likeness (QED) is 0.847. The van der Waals surface area contributed by atoms with Crippen molar-refractivity contribution in [1.82, 2.24) is 4.57 Å². The number of esters is 1. The molecule has 0 saturated heterocycles. The van der Waals surface area contributed by atoms with Crippen LogP contribution in [0.1, 0.15) is 44.0 Å². The van der Waals surface area contributed by atoms with Crippen LogP contribution in [0, 0.1) is 6.92 Å². The minimum atomic E-state index is -0.841. The maximum Gasteiger partial charge on any atom is 0.309 e. The zero-order valence-electron chi connectivity index (χ0n) is 16.4. The molecule has 0 radical (unpaired) electrons. The smallest absolute Gasteiger partial charge is 0.309 e. The van der Waals surface area contributed by atoms with Gasteiger partial charge in [0.15, 0.2) is 0 Å². The molecule has 6 nitrogen and oxygen atoms in total. The summed E-state index contributed by atoms with van der Waals surface area (Å²) in [5.74, 6) is -0.749. The Labute approximate surface area is 159 Å². The van der Waals surface area contributed by atoms with E-state index in [1.165, 1.54) is 0 Å². The van der Waals surface area contributed by atoms with Crippen LogP contribution in [0.15, 0.2) is 41.5 Å². The van der Waals surface area contributed by atoms with Gasteiger partial charge in [0.25, 0.3) is 0 Å². The molecule has 1 aliphatic rings. The molecule has 2 aromatic rings. The summed E-state index contributed by atoms with van der Waals surface area (Å²) in [6, 6.07) is 8.86. The van der Waals surface area contributed by atoms with Crippen LogP contribution in [0.4, 0.5) is 5.69 Å². The number of amides is 1. The SMILES string of the molecule is Cc1c2c(cn1C)NC(=O)[C@H](CC(=O)OC(C)(C)C)N=C2c1ccccc1. The van der Waals surface area contributed by atoms with Gasteiger partial charge in [-0.05, 0) is 27.7 Å². The van der Waals surface area contributed by atoms with Crippen LogP contribution >= 0.6 is 0 Å². The normalized spacial score (nSPS) is 16.9. The molecule has 1 amide bonds. The molecule has 1 atom stereocenters. The molecule has 1 aromatic carbocycles. The van der Waals surface area contributed by atoms with E-state index in [0.717, 1.165) is 16.8 Å². The second-order valence-corrected chi connectivity index (χ2v) is 7.75. The summed E-state index contributed by atoms with van der Waals surface area (Å²) in [6.45, 7) is 7.39. The van der Waals surface area contributed by atoms with Crippen molar-refractivity contribution >= 4 is 23.3 Å². The summed E-state index contributed by atoms with van der Waals surface area (Å²) in [5, 5.41) is 2.92. The predicted molar refractivity (Wildman–Crippen MR) is 105 cm³/mol. The van der Waals surface area contributed by atoms with Crippen molar-refractivity contribution in [2.45, 2.75) is 45.8 Å². The van der Waals surface area contributed by atoms with Crippen molar-refractivity contribution in [2.75, 3.05) is 5.32 Å².